The van der Waals surface area contributed by atoms with E-state index < -0.39 is 0 Å². The molecular formula is C34H50N2. The summed E-state index contributed by atoms with van der Waals surface area (Å²) in [5, 5.41) is 0. The number of aromatic nitrogens is 2. The van der Waals surface area contributed by atoms with E-state index >= 15 is 0 Å². The van der Waals surface area contributed by atoms with Crippen molar-refractivity contribution in [3.63, 3.8) is 0 Å². The standard InChI is InChI=1S/C34H50N2/c1-4-5-6-7-8-9-10-11-12-13-14-21-27-36-28-26-35-33(36)30(2)34(3,32-24-19-16-20-25-32)29-31-22-17-15-18-23-31/h15-20,22-26,28,30H,4-14,21,27,29H2,1-3H3. The molecule has 0 amide bonds. The monoisotopic (exact) mass is 486 g/mol. The summed E-state index contributed by atoms with van der Waals surface area (Å²) in [6, 6.07) is 22.0. The van der Waals surface area contributed by atoms with Crippen molar-refractivity contribution in [2.24, 2.45) is 0 Å². The van der Waals surface area contributed by atoms with Crippen LogP contribution in [-0.4, -0.2) is 9.55 Å². The van der Waals surface area contributed by atoms with Gasteiger partial charge in [-0.2, -0.15) is 0 Å². The molecule has 0 aliphatic heterocycles. The molecule has 2 nitrogen and oxygen atoms in total. The molecule has 2 heteroatoms. The lowest BCUT2D eigenvalue weighted by atomic mass is 9.68. The number of hydrogen-bond acceptors (Lipinski definition) is 1. The Labute approximate surface area is 221 Å². The van der Waals surface area contributed by atoms with Gasteiger partial charge in [0.15, 0.2) is 0 Å². The van der Waals surface area contributed by atoms with Crippen LogP contribution < -0.4 is 0 Å². The Kier molecular flexibility index (Phi) is 12.3. The highest BCUT2D eigenvalue weighted by Gasteiger charge is 2.36. The van der Waals surface area contributed by atoms with Gasteiger partial charge in [-0.1, -0.05) is 152 Å². The predicted octanol–water partition coefficient (Wildman–Crippen LogP) is 9.89. The van der Waals surface area contributed by atoms with E-state index in [-0.39, 0.29) is 5.41 Å². The number of nitrogens with zero attached hydrogens (tertiary/aromatic N) is 2. The van der Waals surface area contributed by atoms with E-state index in [2.05, 4.69) is 92.2 Å². The smallest absolute Gasteiger partial charge is 0.112 e. The maximum atomic E-state index is 4.89. The molecule has 1 aromatic heterocycles. The van der Waals surface area contributed by atoms with Gasteiger partial charge < -0.3 is 4.57 Å². The molecule has 0 spiro atoms. The quantitative estimate of drug-likeness (QED) is 0.164. The van der Waals surface area contributed by atoms with Crippen molar-refractivity contribution in [1.82, 2.24) is 9.55 Å². The Morgan fingerprint density at radius 2 is 1.25 bits per heavy atom. The third-order valence-electron chi connectivity index (χ3n) is 8.19. The molecule has 36 heavy (non-hydrogen) atoms. The molecule has 2 atom stereocenters. The van der Waals surface area contributed by atoms with Gasteiger partial charge in [0.05, 0.1) is 0 Å². The van der Waals surface area contributed by atoms with Crippen molar-refractivity contribution in [2.45, 2.75) is 122 Å². The van der Waals surface area contributed by atoms with Gasteiger partial charge in [0.25, 0.3) is 0 Å². The predicted molar refractivity (Wildman–Crippen MR) is 156 cm³/mol. The molecule has 0 N–H and O–H groups in total. The molecule has 2 aromatic carbocycles. The second-order valence-electron chi connectivity index (χ2n) is 11.0. The SMILES string of the molecule is CCCCCCCCCCCCCCn1ccnc1C(C)C(C)(Cc1ccccc1)c1ccccc1. The second kappa shape index (κ2) is 15.7. The van der Waals surface area contributed by atoms with Gasteiger partial charge in [-0.05, 0) is 24.0 Å². The van der Waals surface area contributed by atoms with Crippen LogP contribution >= 0.6 is 0 Å². The molecule has 0 bridgehead atoms. The molecule has 0 radical (unpaired) electrons. The van der Waals surface area contributed by atoms with Crippen molar-refractivity contribution in [3.8, 4) is 0 Å². The summed E-state index contributed by atoms with van der Waals surface area (Å²) >= 11 is 0. The first-order valence-electron chi connectivity index (χ1n) is 14.8. The average molecular weight is 487 g/mol. The van der Waals surface area contributed by atoms with Gasteiger partial charge in [-0.3, -0.25) is 0 Å². The van der Waals surface area contributed by atoms with Crippen LogP contribution in [0.4, 0.5) is 0 Å². The van der Waals surface area contributed by atoms with E-state index in [4.69, 9.17) is 4.98 Å². The minimum Gasteiger partial charge on any atom is -0.335 e. The summed E-state index contributed by atoms with van der Waals surface area (Å²) in [5.41, 5.74) is 2.75. The summed E-state index contributed by atoms with van der Waals surface area (Å²) in [6.07, 6.45) is 21.9. The molecule has 0 aliphatic rings. The van der Waals surface area contributed by atoms with Crippen LogP contribution in [0.25, 0.3) is 0 Å². The van der Waals surface area contributed by atoms with Crippen LogP contribution in [0, 0.1) is 0 Å². The van der Waals surface area contributed by atoms with E-state index in [1.807, 2.05) is 6.20 Å². The van der Waals surface area contributed by atoms with Crippen LogP contribution in [0.1, 0.15) is 121 Å². The first-order valence-corrected chi connectivity index (χ1v) is 14.8. The number of unbranched alkanes of at least 4 members (excludes halogenated alkanes) is 11. The van der Waals surface area contributed by atoms with Crippen molar-refractivity contribution < 1.29 is 0 Å². The van der Waals surface area contributed by atoms with Gasteiger partial charge in [0, 0.05) is 30.3 Å². The van der Waals surface area contributed by atoms with E-state index in [0.717, 1.165) is 13.0 Å². The first kappa shape index (κ1) is 28.2. The Bertz CT molecular complexity index is 946. The van der Waals surface area contributed by atoms with Gasteiger partial charge in [-0.25, -0.2) is 4.98 Å². The molecule has 3 rings (SSSR count). The van der Waals surface area contributed by atoms with Crippen LogP contribution in [0.3, 0.4) is 0 Å². The average Bonchev–Trinajstić information content (AvgIpc) is 3.38. The van der Waals surface area contributed by atoms with Crippen molar-refractivity contribution in [2.75, 3.05) is 0 Å². The molecule has 0 saturated carbocycles. The molecule has 3 aromatic rings. The molecular weight excluding hydrogens is 436 g/mol. The summed E-state index contributed by atoms with van der Waals surface area (Å²) in [7, 11) is 0. The lowest BCUT2D eigenvalue weighted by Crippen LogP contribution is -2.33. The fraction of sp³-hybridized carbons (Fsp3) is 0.559. The highest BCUT2D eigenvalue weighted by molar-refractivity contribution is 5.32. The van der Waals surface area contributed by atoms with Crippen LogP contribution in [0.2, 0.25) is 0 Å². The van der Waals surface area contributed by atoms with Crippen molar-refractivity contribution >= 4 is 0 Å². The fourth-order valence-electron chi connectivity index (χ4n) is 5.64. The highest BCUT2D eigenvalue weighted by atomic mass is 15.1. The summed E-state index contributed by atoms with van der Waals surface area (Å²) in [5.74, 6) is 1.53. The Hall–Kier alpha value is -2.35. The van der Waals surface area contributed by atoms with E-state index in [1.54, 1.807) is 0 Å². The number of hydrogen-bond donors (Lipinski definition) is 0. The molecule has 0 saturated heterocycles. The molecule has 0 aliphatic carbocycles. The Morgan fingerprint density at radius 1 is 0.722 bits per heavy atom. The maximum Gasteiger partial charge on any atom is 0.112 e. The largest absolute Gasteiger partial charge is 0.335 e. The molecule has 2 unspecified atom stereocenters. The lowest BCUT2D eigenvalue weighted by Gasteiger charge is -2.36. The number of rotatable bonds is 18. The molecule has 0 fully saturated rings. The van der Waals surface area contributed by atoms with E-state index in [0.29, 0.717) is 5.92 Å². The zero-order valence-electron chi connectivity index (χ0n) is 23.3. The first-order chi connectivity index (χ1) is 17.6. The Balaban J connectivity index is 1.50. The highest BCUT2D eigenvalue weighted by Crippen LogP contribution is 2.41. The minimum absolute atomic E-state index is 0.0255. The third-order valence-corrected chi connectivity index (χ3v) is 8.19. The molecule has 1 heterocycles. The minimum atomic E-state index is -0.0255. The summed E-state index contributed by atoms with van der Waals surface area (Å²) in [4.78, 5) is 4.89. The normalized spacial score (nSPS) is 14.0. The van der Waals surface area contributed by atoms with Crippen molar-refractivity contribution in [3.05, 3.63) is 90.0 Å². The van der Waals surface area contributed by atoms with Gasteiger partial charge in [0.2, 0.25) is 0 Å². The topological polar surface area (TPSA) is 17.8 Å². The maximum absolute atomic E-state index is 4.89. The third kappa shape index (κ3) is 8.64. The van der Waals surface area contributed by atoms with Gasteiger partial charge in [-0.15, -0.1) is 0 Å². The van der Waals surface area contributed by atoms with Gasteiger partial charge >= 0.3 is 0 Å². The zero-order valence-corrected chi connectivity index (χ0v) is 23.3. The number of benzene rings is 2. The van der Waals surface area contributed by atoms with Crippen LogP contribution in [0.15, 0.2) is 73.1 Å². The summed E-state index contributed by atoms with van der Waals surface area (Å²) < 4.78 is 2.42. The van der Waals surface area contributed by atoms with Crippen LogP contribution in [0.5, 0.6) is 0 Å². The second-order valence-corrected chi connectivity index (χ2v) is 11.0. The van der Waals surface area contributed by atoms with Crippen LogP contribution in [-0.2, 0) is 18.4 Å². The zero-order chi connectivity index (χ0) is 25.5. The van der Waals surface area contributed by atoms with Gasteiger partial charge in [0.1, 0.15) is 5.82 Å². The van der Waals surface area contributed by atoms with Crippen molar-refractivity contribution in [1.29, 1.82) is 0 Å². The lowest BCUT2D eigenvalue weighted by molar-refractivity contribution is 0.366. The van der Waals surface area contributed by atoms with E-state index in [1.165, 1.54) is 94.0 Å². The number of imidazole rings is 1. The van der Waals surface area contributed by atoms with E-state index in [9.17, 15) is 0 Å². The summed E-state index contributed by atoms with van der Waals surface area (Å²) in [6.45, 7) is 8.16. The number of aryl methyl sites for hydroxylation is 1. The fourth-order valence-corrected chi connectivity index (χ4v) is 5.64. The molecule has 196 valence electrons. The Morgan fingerprint density at radius 3 is 1.83 bits per heavy atom.